The van der Waals surface area contributed by atoms with Crippen LogP contribution in [-0.2, 0) is 4.79 Å². The summed E-state index contributed by atoms with van der Waals surface area (Å²) in [6.45, 7) is 0. The Bertz CT molecular complexity index is 715. The molecule has 7 heteroatoms. The van der Waals surface area contributed by atoms with E-state index in [1.54, 1.807) is 0 Å². The Kier molecular flexibility index (Phi) is 3.74. The molecule has 2 aromatic rings. The highest BCUT2D eigenvalue weighted by Gasteiger charge is 2.27. The maximum absolute atomic E-state index is 11.5. The minimum absolute atomic E-state index is 0.0913. The molecule has 1 heterocycles. The van der Waals surface area contributed by atoms with Gasteiger partial charge < -0.3 is 5.73 Å². The van der Waals surface area contributed by atoms with E-state index >= 15 is 0 Å². The number of amides is 3. The van der Waals surface area contributed by atoms with Crippen LogP contribution in [0, 0.1) is 0 Å². The highest BCUT2D eigenvalue weighted by Crippen LogP contribution is 2.39. The van der Waals surface area contributed by atoms with Crippen LogP contribution in [0.4, 0.5) is 4.79 Å². The molecule has 0 radical (unpaired) electrons. The number of carbonyl (C=O) groups excluding carboxylic acids is 2. The topological polar surface area (TPSA) is 98.0 Å². The lowest BCUT2D eigenvalue weighted by Gasteiger charge is -2.07. The molecule has 3 rings (SSSR count). The zero-order valence-corrected chi connectivity index (χ0v) is 12.0. The highest BCUT2D eigenvalue weighted by atomic mass is 32.2. The van der Waals surface area contributed by atoms with Crippen LogP contribution in [0.1, 0.15) is 24.6 Å². The first-order valence-electron chi connectivity index (χ1n) is 6.62. The molecule has 0 aliphatic heterocycles. The molecule has 1 aromatic heterocycles. The van der Waals surface area contributed by atoms with Crippen molar-refractivity contribution >= 4 is 34.6 Å². The summed E-state index contributed by atoms with van der Waals surface area (Å²) in [5.41, 5.74) is 5.80. The lowest BCUT2D eigenvalue weighted by atomic mass is 10.2. The van der Waals surface area contributed by atoms with Crippen molar-refractivity contribution in [1.82, 2.24) is 15.3 Å². The zero-order valence-electron chi connectivity index (χ0n) is 11.2. The summed E-state index contributed by atoms with van der Waals surface area (Å²) in [5, 5.41) is 3.73. The molecule has 1 fully saturated rings. The largest absolute Gasteiger partial charge is 0.351 e. The van der Waals surface area contributed by atoms with Crippen LogP contribution in [-0.4, -0.2) is 27.7 Å². The van der Waals surface area contributed by atoms with Crippen molar-refractivity contribution in [3.05, 3.63) is 30.1 Å². The number of primary amides is 1. The van der Waals surface area contributed by atoms with Crippen molar-refractivity contribution in [1.29, 1.82) is 0 Å². The highest BCUT2D eigenvalue weighted by molar-refractivity contribution is 8.00. The molecule has 1 aliphatic rings. The van der Waals surface area contributed by atoms with E-state index in [0.717, 1.165) is 34.6 Å². The number of rotatable bonds is 4. The van der Waals surface area contributed by atoms with Crippen molar-refractivity contribution in [2.45, 2.75) is 23.8 Å². The van der Waals surface area contributed by atoms with Crippen LogP contribution < -0.4 is 11.1 Å². The second kappa shape index (κ2) is 5.69. The number of aromatic nitrogens is 2. The lowest BCUT2D eigenvalue weighted by molar-refractivity contribution is -0.117. The van der Waals surface area contributed by atoms with E-state index in [9.17, 15) is 9.59 Å². The number of nitrogens with one attached hydrogen (secondary N) is 1. The standard InChI is InChI=1S/C14H14N4O2S/c15-14(20)17-11(19)7-21-13-9-3-1-2-4-10(9)16-12(18-13)8-5-6-8/h1-4,8H,5-7H2,(H3,15,17,19,20). The van der Waals surface area contributed by atoms with Gasteiger partial charge in [-0.3, -0.25) is 10.1 Å². The van der Waals surface area contributed by atoms with Crippen molar-refractivity contribution in [2.24, 2.45) is 5.73 Å². The van der Waals surface area contributed by atoms with Gasteiger partial charge in [-0.2, -0.15) is 0 Å². The monoisotopic (exact) mass is 302 g/mol. The Hall–Kier alpha value is -2.15. The summed E-state index contributed by atoms with van der Waals surface area (Å²) < 4.78 is 0. The van der Waals surface area contributed by atoms with E-state index < -0.39 is 11.9 Å². The molecule has 21 heavy (non-hydrogen) atoms. The summed E-state index contributed by atoms with van der Waals surface area (Å²) >= 11 is 1.29. The first kappa shape index (κ1) is 13.8. The number of para-hydroxylation sites is 1. The average molecular weight is 302 g/mol. The summed E-state index contributed by atoms with van der Waals surface area (Å²) in [7, 11) is 0. The minimum atomic E-state index is -0.841. The molecule has 0 atom stereocenters. The molecule has 1 saturated carbocycles. The maximum atomic E-state index is 11.5. The van der Waals surface area contributed by atoms with Gasteiger partial charge in [-0.05, 0) is 18.9 Å². The molecule has 108 valence electrons. The third-order valence-corrected chi connectivity index (χ3v) is 4.12. The first-order valence-corrected chi connectivity index (χ1v) is 7.61. The number of imide groups is 1. The Morgan fingerprint density at radius 1 is 1.29 bits per heavy atom. The number of nitrogens with zero attached hydrogens (tertiary/aromatic N) is 2. The van der Waals surface area contributed by atoms with Gasteiger partial charge in [-0.25, -0.2) is 14.8 Å². The molecule has 1 aromatic carbocycles. The maximum Gasteiger partial charge on any atom is 0.318 e. The predicted octanol–water partition coefficient (Wildman–Crippen LogP) is 1.79. The summed E-state index contributed by atoms with van der Waals surface area (Å²) in [6, 6.07) is 6.87. The number of carbonyl (C=O) groups is 2. The van der Waals surface area contributed by atoms with Gasteiger partial charge in [0, 0.05) is 11.3 Å². The number of hydrogen-bond acceptors (Lipinski definition) is 5. The van der Waals surface area contributed by atoms with Crippen LogP contribution in [0.25, 0.3) is 10.9 Å². The fourth-order valence-corrected chi connectivity index (χ4v) is 2.83. The van der Waals surface area contributed by atoms with Gasteiger partial charge in [0.2, 0.25) is 5.91 Å². The molecule has 0 saturated heterocycles. The van der Waals surface area contributed by atoms with Crippen molar-refractivity contribution < 1.29 is 9.59 Å². The zero-order chi connectivity index (χ0) is 14.8. The second-order valence-corrected chi connectivity index (χ2v) is 5.84. The smallest absolute Gasteiger partial charge is 0.318 e. The third-order valence-electron chi connectivity index (χ3n) is 3.13. The van der Waals surface area contributed by atoms with E-state index in [0.29, 0.717) is 5.92 Å². The Balaban J connectivity index is 1.85. The van der Waals surface area contributed by atoms with Gasteiger partial charge >= 0.3 is 6.03 Å². The molecule has 3 N–H and O–H groups in total. The van der Waals surface area contributed by atoms with Crippen LogP contribution in [0.5, 0.6) is 0 Å². The van der Waals surface area contributed by atoms with Gasteiger partial charge in [-0.15, -0.1) is 0 Å². The Morgan fingerprint density at radius 3 is 2.76 bits per heavy atom. The summed E-state index contributed by atoms with van der Waals surface area (Å²) in [4.78, 5) is 31.3. The summed E-state index contributed by atoms with van der Waals surface area (Å²) in [6.07, 6.45) is 2.23. The van der Waals surface area contributed by atoms with Crippen LogP contribution in [0.15, 0.2) is 29.3 Å². The normalized spacial score (nSPS) is 14.1. The molecule has 0 unspecified atom stereocenters. The SMILES string of the molecule is NC(=O)NC(=O)CSc1nc(C2CC2)nc2ccccc12. The fourth-order valence-electron chi connectivity index (χ4n) is 2.01. The van der Waals surface area contributed by atoms with Crippen LogP contribution in [0.3, 0.4) is 0 Å². The average Bonchev–Trinajstić information content (AvgIpc) is 3.28. The molecular weight excluding hydrogens is 288 g/mol. The number of nitrogens with two attached hydrogens (primary N) is 1. The van der Waals surface area contributed by atoms with E-state index in [4.69, 9.17) is 5.73 Å². The first-order chi connectivity index (χ1) is 10.1. The van der Waals surface area contributed by atoms with E-state index in [1.165, 1.54) is 11.8 Å². The second-order valence-electron chi connectivity index (χ2n) is 4.88. The predicted molar refractivity (Wildman–Crippen MR) is 80.0 cm³/mol. The molecule has 0 spiro atoms. The number of fused-ring (bicyclic) bond motifs is 1. The van der Waals surface area contributed by atoms with E-state index in [1.807, 2.05) is 29.6 Å². The van der Waals surface area contributed by atoms with Gasteiger partial charge in [0.1, 0.15) is 10.9 Å². The minimum Gasteiger partial charge on any atom is -0.351 e. The molecule has 3 amide bonds. The van der Waals surface area contributed by atoms with Gasteiger partial charge in [0.15, 0.2) is 0 Å². The number of hydrogen-bond donors (Lipinski definition) is 2. The molecule has 1 aliphatic carbocycles. The fraction of sp³-hybridized carbons (Fsp3) is 0.286. The molecular formula is C14H14N4O2S. The van der Waals surface area contributed by atoms with Crippen molar-refractivity contribution in [3.63, 3.8) is 0 Å². The Morgan fingerprint density at radius 2 is 2.05 bits per heavy atom. The summed E-state index contributed by atoms with van der Waals surface area (Å²) in [5.74, 6) is 0.941. The molecule has 0 bridgehead atoms. The van der Waals surface area contributed by atoms with Gasteiger partial charge in [0.25, 0.3) is 0 Å². The van der Waals surface area contributed by atoms with Crippen LogP contribution in [0.2, 0.25) is 0 Å². The van der Waals surface area contributed by atoms with Gasteiger partial charge in [0.05, 0.1) is 11.3 Å². The number of thioether (sulfide) groups is 1. The number of benzene rings is 1. The van der Waals surface area contributed by atoms with Crippen LogP contribution >= 0.6 is 11.8 Å². The lowest BCUT2D eigenvalue weighted by Crippen LogP contribution is -2.36. The number of urea groups is 1. The molecule has 6 nitrogen and oxygen atoms in total. The van der Waals surface area contributed by atoms with E-state index in [2.05, 4.69) is 9.97 Å². The van der Waals surface area contributed by atoms with E-state index in [-0.39, 0.29) is 5.75 Å². The van der Waals surface area contributed by atoms with Crippen molar-refractivity contribution in [3.8, 4) is 0 Å². The van der Waals surface area contributed by atoms with Gasteiger partial charge in [-0.1, -0.05) is 30.0 Å². The third kappa shape index (κ3) is 3.30. The quantitative estimate of drug-likeness (QED) is 0.663. The van der Waals surface area contributed by atoms with Crippen molar-refractivity contribution in [2.75, 3.05) is 5.75 Å². The Labute approximate surface area is 125 Å².